The molecule has 0 saturated carbocycles. The van der Waals surface area contributed by atoms with Crippen LogP contribution < -0.4 is 0 Å². The van der Waals surface area contributed by atoms with E-state index in [0.717, 1.165) is 22.5 Å². The van der Waals surface area contributed by atoms with Crippen molar-refractivity contribution in [1.29, 1.82) is 0 Å². The van der Waals surface area contributed by atoms with Crippen LogP contribution in [0.4, 0.5) is 0 Å². The zero-order valence-corrected chi connectivity index (χ0v) is 14.0. The summed E-state index contributed by atoms with van der Waals surface area (Å²) in [6, 6.07) is 20.6. The molecule has 1 aliphatic rings. The predicted molar refractivity (Wildman–Crippen MR) is 95.0 cm³/mol. The van der Waals surface area contributed by atoms with Crippen LogP contribution in [0.15, 0.2) is 84.4 Å². The van der Waals surface area contributed by atoms with Crippen molar-refractivity contribution >= 4 is 5.78 Å². The van der Waals surface area contributed by atoms with Gasteiger partial charge in [-0.3, -0.25) is 4.79 Å². The molecule has 122 valence electrons. The first kappa shape index (κ1) is 16.1. The van der Waals surface area contributed by atoms with Gasteiger partial charge in [0.15, 0.2) is 5.78 Å². The molecule has 0 fully saturated rings. The highest BCUT2D eigenvalue weighted by molar-refractivity contribution is 5.93. The number of hydrogen-bond acceptors (Lipinski definition) is 3. The number of hydrogen-bond donors (Lipinski definition) is 0. The van der Waals surface area contributed by atoms with Crippen molar-refractivity contribution in [1.82, 2.24) is 4.90 Å². The van der Waals surface area contributed by atoms with Crippen molar-refractivity contribution in [3.05, 3.63) is 95.5 Å². The molecule has 0 aromatic heterocycles. The molecule has 0 atom stereocenters. The Morgan fingerprint density at radius 1 is 0.958 bits per heavy atom. The van der Waals surface area contributed by atoms with Gasteiger partial charge >= 0.3 is 0 Å². The molecular weight excluding hydrogens is 298 g/mol. The molecule has 0 spiro atoms. The summed E-state index contributed by atoms with van der Waals surface area (Å²) < 4.78 is 5.45. The molecule has 3 nitrogen and oxygen atoms in total. The Morgan fingerprint density at radius 3 is 1.96 bits per heavy atom. The minimum absolute atomic E-state index is 0.00722. The zero-order chi connectivity index (χ0) is 16.9. The van der Waals surface area contributed by atoms with Gasteiger partial charge in [-0.1, -0.05) is 60.7 Å². The molecular formula is C21H21NO2. The van der Waals surface area contributed by atoms with Gasteiger partial charge in [-0.15, -0.1) is 0 Å². The number of ketones is 1. The summed E-state index contributed by atoms with van der Waals surface area (Å²) in [6.07, 6.45) is 4.46. The van der Waals surface area contributed by atoms with Gasteiger partial charge in [-0.2, -0.15) is 0 Å². The number of methoxy groups -OCH3 is 1. The Kier molecular flexibility index (Phi) is 4.80. The average Bonchev–Trinajstić information content (AvgIpc) is 2.63. The standard InChI is InChI=1S/C21H21NO2/c1-16(23)19-13-20(24-2)15-22(14-19)21(17-9-5-3-6-10-17)18-11-7-4-8-12-18/h3-12,14-15,21H,13H2,1-2H3. The molecule has 0 amide bonds. The summed E-state index contributed by atoms with van der Waals surface area (Å²) in [4.78, 5) is 14.0. The minimum Gasteiger partial charge on any atom is -0.499 e. The Hall–Kier alpha value is -2.81. The lowest BCUT2D eigenvalue weighted by Gasteiger charge is -2.32. The molecule has 24 heavy (non-hydrogen) atoms. The maximum atomic E-state index is 11.9. The number of rotatable bonds is 5. The zero-order valence-electron chi connectivity index (χ0n) is 14.0. The van der Waals surface area contributed by atoms with Gasteiger partial charge in [-0.05, 0) is 18.1 Å². The van der Waals surface area contributed by atoms with Crippen molar-refractivity contribution in [2.75, 3.05) is 7.11 Å². The van der Waals surface area contributed by atoms with Gasteiger partial charge in [0.2, 0.25) is 0 Å². The Morgan fingerprint density at radius 2 is 1.50 bits per heavy atom. The lowest BCUT2D eigenvalue weighted by molar-refractivity contribution is -0.113. The van der Waals surface area contributed by atoms with E-state index in [1.54, 1.807) is 14.0 Å². The van der Waals surface area contributed by atoms with Crippen LogP contribution in [0, 0.1) is 0 Å². The first-order valence-electron chi connectivity index (χ1n) is 8.02. The van der Waals surface area contributed by atoms with E-state index in [0.29, 0.717) is 6.42 Å². The second kappa shape index (κ2) is 7.18. The molecule has 2 aromatic rings. The molecule has 2 aromatic carbocycles. The molecule has 3 heteroatoms. The van der Waals surface area contributed by atoms with E-state index < -0.39 is 0 Å². The molecule has 3 rings (SSSR count). The minimum atomic E-state index is -0.00722. The Labute approximate surface area is 142 Å². The second-order valence-electron chi connectivity index (χ2n) is 5.86. The van der Waals surface area contributed by atoms with Crippen LogP contribution in [0.25, 0.3) is 0 Å². The van der Waals surface area contributed by atoms with Crippen LogP contribution in [-0.2, 0) is 9.53 Å². The van der Waals surface area contributed by atoms with Crippen LogP contribution in [0.1, 0.15) is 30.5 Å². The normalized spacial score (nSPS) is 14.2. The van der Waals surface area contributed by atoms with Crippen molar-refractivity contribution in [3.63, 3.8) is 0 Å². The van der Waals surface area contributed by atoms with Crippen molar-refractivity contribution in [2.45, 2.75) is 19.4 Å². The quantitative estimate of drug-likeness (QED) is 0.816. The van der Waals surface area contributed by atoms with Gasteiger partial charge < -0.3 is 9.64 Å². The fourth-order valence-corrected chi connectivity index (χ4v) is 2.96. The first-order chi connectivity index (χ1) is 11.7. The average molecular weight is 319 g/mol. The third kappa shape index (κ3) is 3.40. The Balaban J connectivity index is 2.09. The molecule has 0 bridgehead atoms. The summed E-state index contributed by atoms with van der Waals surface area (Å²) in [5, 5.41) is 0. The van der Waals surface area contributed by atoms with Gasteiger partial charge in [0.05, 0.1) is 13.2 Å². The lowest BCUT2D eigenvalue weighted by atomic mass is 9.96. The molecule has 0 unspecified atom stereocenters. The number of carbonyl (C=O) groups excluding carboxylic acids is 1. The Bertz CT molecular complexity index is 723. The smallest absolute Gasteiger partial charge is 0.157 e. The van der Waals surface area contributed by atoms with Gasteiger partial charge in [0.1, 0.15) is 5.76 Å². The highest BCUT2D eigenvalue weighted by atomic mass is 16.5. The highest BCUT2D eigenvalue weighted by Crippen LogP contribution is 2.33. The van der Waals surface area contributed by atoms with E-state index in [1.165, 1.54) is 0 Å². The van der Waals surface area contributed by atoms with Gasteiger partial charge in [0, 0.05) is 24.4 Å². The van der Waals surface area contributed by atoms with Gasteiger partial charge in [-0.25, -0.2) is 0 Å². The fourth-order valence-electron chi connectivity index (χ4n) is 2.96. The number of benzene rings is 2. The molecule has 1 aliphatic heterocycles. The van der Waals surface area contributed by atoms with Crippen molar-refractivity contribution in [2.24, 2.45) is 0 Å². The number of Topliss-reactive ketones (excluding diaryl/α,β-unsaturated/α-hetero) is 1. The summed E-state index contributed by atoms with van der Waals surface area (Å²) in [5.41, 5.74) is 3.08. The largest absolute Gasteiger partial charge is 0.499 e. The summed E-state index contributed by atoms with van der Waals surface area (Å²) in [6.45, 7) is 1.60. The summed E-state index contributed by atoms with van der Waals surface area (Å²) in [7, 11) is 1.65. The predicted octanol–water partition coefficient (Wildman–Crippen LogP) is 4.44. The second-order valence-corrected chi connectivity index (χ2v) is 5.86. The van der Waals surface area contributed by atoms with E-state index in [9.17, 15) is 4.79 Å². The first-order valence-corrected chi connectivity index (χ1v) is 8.02. The number of ether oxygens (including phenoxy) is 1. The number of allylic oxidation sites excluding steroid dienone is 1. The maximum absolute atomic E-state index is 11.9. The SMILES string of the molecule is COC1=CN(C(c2ccccc2)c2ccccc2)C=C(C(C)=O)C1. The third-order valence-electron chi connectivity index (χ3n) is 4.21. The van der Waals surface area contributed by atoms with Crippen molar-refractivity contribution < 1.29 is 9.53 Å². The number of carbonyl (C=O) groups is 1. The van der Waals surface area contributed by atoms with Crippen LogP contribution in [0.3, 0.4) is 0 Å². The molecule has 0 N–H and O–H groups in total. The van der Waals surface area contributed by atoms with E-state index >= 15 is 0 Å². The lowest BCUT2D eigenvalue weighted by Crippen LogP contribution is -2.24. The third-order valence-corrected chi connectivity index (χ3v) is 4.21. The molecule has 0 aliphatic carbocycles. The monoisotopic (exact) mass is 319 g/mol. The van der Waals surface area contributed by atoms with Gasteiger partial charge in [0.25, 0.3) is 0 Å². The van der Waals surface area contributed by atoms with Crippen molar-refractivity contribution in [3.8, 4) is 0 Å². The summed E-state index contributed by atoms with van der Waals surface area (Å²) in [5.74, 6) is 0.863. The van der Waals surface area contributed by atoms with E-state index in [2.05, 4.69) is 29.2 Å². The van der Waals surface area contributed by atoms with Crippen LogP contribution in [-0.4, -0.2) is 17.8 Å². The molecule has 0 saturated heterocycles. The van der Waals surface area contributed by atoms with Crippen LogP contribution >= 0.6 is 0 Å². The topological polar surface area (TPSA) is 29.5 Å². The van der Waals surface area contributed by atoms with E-state index in [1.807, 2.05) is 48.8 Å². The maximum Gasteiger partial charge on any atom is 0.157 e. The van der Waals surface area contributed by atoms with Crippen LogP contribution in [0.5, 0.6) is 0 Å². The molecule has 0 radical (unpaired) electrons. The summed E-state index contributed by atoms with van der Waals surface area (Å²) >= 11 is 0. The fraction of sp³-hybridized carbons (Fsp3) is 0.190. The van der Waals surface area contributed by atoms with E-state index in [-0.39, 0.29) is 11.8 Å². The van der Waals surface area contributed by atoms with E-state index in [4.69, 9.17) is 4.74 Å². The highest BCUT2D eigenvalue weighted by Gasteiger charge is 2.24. The van der Waals surface area contributed by atoms with Crippen LogP contribution in [0.2, 0.25) is 0 Å². The number of nitrogens with zero attached hydrogens (tertiary/aromatic N) is 1. The molecule has 1 heterocycles.